The predicted molar refractivity (Wildman–Crippen MR) is 70.6 cm³/mol. The first kappa shape index (κ1) is 14.7. The number of carbonyl (C=O) groups excluding carboxylic acids is 2. The van der Waals surface area contributed by atoms with Crippen molar-refractivity contribution in [3.05, 3.63) is 59.2 Å². The van der Waals surface area contributed by atoms with Crippen molar-refractivity contribution >= 4 is 20.3 Å². The van der Waals surface area contributed by atoms with Gasteiger partial charge in [-0.05, 0) is 36.4 Å². The van der Waals surface area contributed by atoms with E-state index in [-0.39, 0.29) is 22.6 Å². The van der Waals surface area contributed by atoms with Crippen molar-refractivity contribution in [1.29, 1.82) is 0 Å². The Morgan fingerprint density at radius 2 is 1.24 bits per heavy atom. The molecule has 2 rings (SSSR count). The van der Waals surface area contributed by atoms with Crippen LogP contribution in [0.2, 0.25) is 0 Å². The highest BCUT2D eigenvalue weighted by molar-refractivity contribution is 6.20. The predicted octanol–water partition coefficient (Wildman–Crippen LogP) is 2.58. The van der Waals surface area contributed by atoms with Gasteiger partial charge in [-0.15, -0.1) is 0 Å². The fourth-order valence-corrected chi connectivity index (χ4v) is 1.49. The summed E-state index contributed by atoms with van der Waals surface area (Å²) in [7, 11) is 0.708. The molecule has 0 heterocycles. The average Bonchev–Trinajstić information content (AvgIpc) is 2.51. The summed E-state index contributed by atoms with van der Waals surface area (Å²) in [5.74, 6) is -1.90. The van der Waals surface area contributed by atoms with Gasteiger partial charge in [0.2, 0.25) is 0 Å². The second kappa shape index (κ2) is 6.65. The van der Waals surface area contributed by atoms with Crippen LogP contribution in [0.25, 0.3) is 0 Å². The van der Waals surface area contributed by atoms with Gasteiger partial charge in [0, 0.05) is 11.1 Å². The van der Waals surface area contributed by atoms with Gasteiger partial charge in [-0.2, -0.15) is 0 Å². The Labute approximate surface area is 119 Å². The van der Waals surface area contributed by atoms with Gasteiger partial charge in [-0.1, -0.05) is 0 Å². The molecule has 0 amide bonds. The molecule has 0 spiro atoms. The highest BCUT2D eigenvalue weighted by Crippen LogP contribution is 2.20. The molecular formula is C14H8BF2O4. The van der Waals surface area contributed by atoms with Crippen LogP contribution in [0.5, 0.6) is 11.5 Å². The summed E-state index contributed by atoms with van der Waals surface area (Å²) in [6.07, 6.45) is 1.06. The summed E-state index contributed by atoms with van der Waals surface area (Å²) >= 11 is 0. The topological polar surface area (TPSA) is 52.6 Å². The second-order valence-corrected chi connectivity index (χ2v) is 3.95. The van der Waals surface area contributed by atoms with E-state index in [1.807, 2.05) is 0 Å². The molecule has 0 bridgehead atoms. The number of rotatable bonds is 6. The molecule has 0 aliphatic heterocycles. The van der Waals surface area contributed by atoms with E-state index in [4.69, 9.17) is 9.31 Å². The Balaban J connectivity index is 2.04. The molecule has 0 saturated carbocycles. The Bertz CT molecular complexity index is 619. The minimum Gasteiger partial charge on any atom is -0.524 e. The van der Waals surface area contributed by atoms with Crippen molar-refractivity contribution < 1.29 is 27.7 Å². The Morgan fingerprint density at radius 3 is 1.62 bits per heavy atom. The molecule has 0 aliphatic carbocycles. The molecule has 2 aromatic carbocycles. The molecule has 1 radical (unpaired) electrons. The first-order chi connectivity index (χ1) is 10.1. The van der Waals surface area contributed by atoms with Gasteiger partial charge in [0.1, 0.15) is 24.1 Å². The van der Waals surface area contributed by atoms with Crippen molar-refractivity contribution in [3.63, 3.8) is 0 Å². The average molecular weight is 289 g/mol. The van der Waals surface area contributed by atoms with Crippen LogP contribution in [0.3, 0.4) is 0 Å². The van der Waals surface area contributed by atoms with Crippen LogP contribution in [0.1, 0.15) is 20.7 Å². The van der Waals surface area contributed by atoms with Gasteiger partial charge in [0.15, 0.2) is 11.6 Å². The fourth-order valence-electron chi connectivity index (χ4n) is 1.49. The number of benzene rings is 2. The maximum atomic E-state index is 13.4. The lowest BCUT2D eigenvalue weighted by atomic mass is 10.2. The number of hydrogen-bond acceptors (Lipinski definition) is 4. The zero-order chi connectivity index (χ0) is 15.2. The van der Waals surface area contributed by atoms with Crippen LogP contribution in [0.15, 0.2) is 36.4 Å². The molecule has 21 heavy (non-hydrogen) atoms. The van der Waals surface area contributed by atoms with Gasteiger partial charge in [0.25, 0.3) is 0 Å². The molecule has 105 valence electrons. The minimum absolute atomic E-state index is 0.217. The summed E-state index contributed by atoms with van der Waals surface area (Å²) in [5, 5.41) is 0. The third-order valence-corrected chi connectivity index (χ3v) is 2.53. The molecule has 0 N–H and O–H groups in total. The molecule has 2 aromatic rings. The highest BCUT2D eigenvalue weighted by Gasteiger charge is 2.10. The maximum absolute atomic E-state index is 13.4. The van der Waals surface area contributed by atoms with Crippen molar-refractivity contribution in [3.8, 4) is 11.5 Å². The van der Waals surface area contributed by atoms with Crippen LogP contribution >= 0.6 is 0 Å². The minimum atomic E-state index is -0.706. The van der Waals surface area contributed by atoms with Crippen molar-refractivity contribution in [2.75, 3.05) is 0 Å². The highest BCUT2D eigenvalue weighted by atomic mass is 19.1. The van der Waals surface area contributed by atoms with Crippen LogP contribution in [-0.2, 0) is 0 Å². The van der Waals surface area contributed by atoms with E-state index >= 15 is 0 Å². The molecule has 7 heteroatoms. The largest absolute Gasteiger partial charge is 0.658 e. The quantitative estimate of drug-likeness (QED) is 0.606. The van der Waals surface area contributed by atoms with Gasteiger partial charge < -0.3 is 9.31 Å². The molecule has 0 fully saturated rings. The lowest BCUT2D eigenvalue weighted by Crippen LogP contribution is -2.13. The lowest BCUT2D eigenvalue weighted by molar-refractivity contribution is 0.111. The van der Waals surface area contributed by atoms with Crippen molar-refractivity contribution in [2.24, 2.45) is 0 Å². The zero-order valence-corrected chi connectivity index (χ0v) is 10.6. The first-order valence-electron chi connectivity index (χ1n) is 5.78. The summed E-state index contributed by atoms with van der Waals surface area (Å²) in [6, 6.07) is 7.01. The Kier molecular flexibility index (Phi) is 4.66. The lowest BCUT2D eigenvalue weighted by Gasteiger charge is -2.08. The number of aldehydes is 2. The fraction of sp³-hybridized carbons (Fsp3) is 0. The summed E-state index contributed by atoms with van der Waals surface area (Å²) < 4.78 is 36.5. The molecule has 0 unspecified atom stereocenters. The number of hydrogen-bond donors (Lipinski definition) is 0. The van der Waals surface area contributed by atoms with E-state index < -0.39 is 11.6 Å². The zero-order valence-electron chi connectivity index (χ0n) is 10.6. The molecule has 0 saturated heterocycles. The van der Waals surface area contributed by atoms with Gasteiger partial charge in [-0.3, -0.25) is 9.59 Å². The molecule has 0 aliphatic rings. The van der Waals surface area contributed by atoms with Crippen LogP contribution in [0.4, 0.5) is 8.78 Å². The van der Waals surface area contributed by atoms with Crippen LogP contribution in [0, 0.1) is 11.6 Å². The van der Waals surface area contributed by atoms with E-state index in [0.29, 0.717) is 20.3 Å². The van der Waals surface area contributed by atoms with Gasteiger partial charge >= 0.3 is 7.69 Å². The number of halogens is 2. The third kappa shape index (κ3) is 3.65. The molecule has 0 atom stereocenters. The third-order valence-electron chi connectivity index (χ3n) is 2.53. The van der Waals surface area contributed by atoms with E-state index in [0.717, 1.165) is 12.1 Å². The Morgan fingerprint density at radius 1 is 0.810 bits per heavy atom. The Hall–Kier alpha value is -2.70. The molecule has 0 aromatic heterocycles. The summed E-state index contributed by atoms with van der Waals surface area (Å²) in [4.78, 5) is 21.2. The normalized spacial score (nSPS) is 9.81. The maximum Gasteiger partial charge on any atom is 0.658 e. The van der Waals surface area contributed by atoms with Crippen LogP contribution in [-0.4, -0.2) is 20.3 Å². The summed E-state index contributed by atoms with van der Waals surface area (Å²) in [6.45, 7) is 0. The molecule has 4 nitrogen and oxygen atoms in total. The van der Waals surface area contributed by atoms with Crippen LogP contribution < -0.4 is 9.31 Å². The summed E-state index contributed by atoms with van der Waals surface area (Å²) in [5.41, 5.74) is 0.433. The molecular weight excluding hydrogens is 281 g/mol. The standard InChI is InChI=1S/C14H8BF2O4/c16-11-3-1-9(7-18)5-13(11)20-15-21-14-6-10(8-19)2-4-12(14)17/h1-8H. The van der Waals surface area contributed by atoms with Crippen molar-refractivity contribution in [2.45, 2.75) is 0 Å². The SMILES string of the molecule is O=Cc1ccc(F)c(O[B]Oc2cc(C=O)ccc2F)c1. The smallest absolute Gasteiger partial charge is 0.524 e. The van der Waals surface area contributed by atoms with Crippen molar-refractivity contribution in [1.82, 2.24) is 0 Å². The van der Waals surface area contributed by atoms with E-state index in [2.05, 4.69) is 0 Å². The second-order valence-electron chi connectivity index (χ2n) is 3.95. The van der Waals surface area contributed by atoms with E-state index in [9.17, 15) is 18.4 Å². The monoisotopic (exact) mass is 289 g/mol. The van der Waals surface area contributed by atoms with E-state index in [1.54, 1.807) is 0 Å². The number of carbonyl (C=O) groups is 2. The van der Waals surface area contributed by atoms with Gasteiger partial charge in [0.05, 0.1) is 0 Å². The van der Waals surface area contributed by atoms with Gasteiger partial charge in [-0.25, -0.2) is 8.78 Å². The van der Waals surface area contributed by atoms with E-state index in [1.165, 1.54) is 24.3 Å². The first-order valence-corrected chi connectivity index (χ1v) is 5.78.